The maximum absolute atomic E-state index is 12.0. The predicted octanol–water partition coefficient (Wildman–Crippen LogP) is 2.61. The number of nitrogens with one attached hydrogen (secondary N) is 1. The highest BCUT2D eigenvalue weighted by molar-refractivity contribution is 5.76. The van der Waals surface area contributed by atoms with Gasteiger partial charge in [-0.1, -0.05) is 0 Å². The fourth-order valence-corrected chi connectivity index (χ4v) is 2.58. The molecular formula is C19H26N4O. The molecule has 2 aromatic heterocycles. The number of hydrogen-bond acceptors (Lipinski definition) is 4. The van der Waals surface area contributed by atoms with Gasteiger partial charge in [-0.25, -0.2) is 4.98 Å². The average Bonchev–Trinajstić information content (AvgIpc) is 2.62. The molecule has 0 atom stereocenters. The third kappa shape index (κ3) is 5.65. The number of carbonyl (C=O) groups is 1. The molecule has 0 saturated carbocycles. The van der Waals surface area contributed by atoms with Crippen LogP contribution in [0.25, 0.3) is 0 Å². The Balaban J connectivity index is 1.76. The minimum atomic E-state index is 0.0882. The van der Waals surface area contributed by atoms with Gasteiger partial charge >= 0.3 is 0 Å². The van der Waals surface area contributed by atoms with Crippen LogP contribution in [0.2, 0.25) is 0 Å². The Morgan fingerprint density at radius 2 is 1.75 bits per heavy atom. The Kier molecular flexibility index (Phi) is 7.21. The third-order valence-corrected chi connectivity index (χ3v) is 4.02. The Hall–Kier alpha value is -2.43. The van der Waals surface area contributed by atoms with Crippen LogP contribution < -0.4 is 10.2 Å². The molecule has 1 N–H and O–H groups in total. The van der Waals surface area contributed by atoms with E-state index < -0.39 is 0 Å². The second-order valence-corrected chi connectivity index (χ2v) is 5.65. The van der Waals surface area contributed by atoms with Gasteiger partial charge in [-0.05, 0) is 62.1 Å². The van der Waals surface area contributed by atoms with Gasteiger partial charge in [0, 0.05) is 44.6 Å². The lowest BCUT2D eigenvalue weighted by atomic mass is 10.1. The smallest absolute Gasteiger partial charge is 0.220 e. The van der Waals surface area contributed by atoms with Crippen molar-refractivity contribution in [3.8, 4) is 0 Å². The van der Waals surface area contributed by atoms with E-state index in [-0.39, 0.29) is 5.91 Å². The largest absolute Gasteiger partial charge is 0.357 e. The summed E-state index contributed by atoms with van der Waals surface area (Å²) in [6, 6.07) is 8.00. The summed E-state index contributed by atoms with van der Waals surface area (Å²) in [4.78, 5) is 22.6. The van der Waals surface area contributed by atoms with Crippen LogP contribution in [-0.2, 0) is 17.6 Å². The van der Waals surface area contributed by atoms with E-state index in [0.29, 0.717) is 13.0 Å². The van der Waals surface area contributed by atoms with E-state index in [4.69, 9.17) is 0 Å². The summed E-state index contributed by atoms with van der Waals surface area (Å²) in [6.45, 7) is 6.76. The topological polar surface area (TPSA) is 58.1 Å². The van der Waals surface area contributed by atoms with Crippen molar-refractivity contribution in [2.45, 2.75) is 33.1 Å². The summed E-state index contributed by atoms with van der Waals surface area (Å²) in [5, 5.41) is 2.98. The van der Waals surface area contributed by atoms with E-state index in [1.807, 2.05) is 24.4 Å². The van der Waals surface area contributed by atoms with E-state index >= 15 is 0 Å². The molecule has 0 radical (unpaired) electrons. The number of carbonyl (C=O) groups excluding carboxylic acids is 1. The number of aromatic nitrogens is 2. The lowest BCUT2D eigenvalue weighted by Crippen LogP contribution is -2.26. The fourth-order valence-electron chi connectivity index (χ4n) is 2.58. The van der Waals surface area contributed by atoms with Crippen molar-refractivity contribution < 1.29 is 4.79 Å². The minimum Gasteiger partial charge on any atom is -0.357 e. The second-order valence-electron chi connectivity index (χ2n) is 5.65. The van der Waals surface area contributed by atoms with Crippen molar-refractivity contribution in [1.82, 2.24) is 15.3 Å². The Labute approximate surface area is 144 Å². The molecule has 0 bridgehead atoms. The number of aryl methyl sites for hydroxylation is 1. The zero-order valence-corrected chi connectivity index (χ0v) is 14.5. The zero-order chi connectivity index (χ0) is 17.2. The van der Waals surface area contributed by atoms with Gasteiger partial charge in [0.05, 0.1) is 0 Å². The Bertz CT molecular complexity index is 626. The van der Waals surface area contributed by atoms with Crippen LogP contribution >= 0.6 is 0 Å². The molecular weight excluding hydrogens is 300 g/mol. The molecule has 0 saturated heterocycles. The number of nitrogens with zero attached hydrogens (tertiary/aromatic N) is 3. The van der Waals surface area contributed by atoms with Crippen molar-refractivity contribution in [2.24, 2.45) is 0 Å². The molecule has 0 unspecified atom stereocenters. The van der Waals surface area contributed by atoms with Crippen LogP contribution in [0.1, 0.15) is 31.4 Å². The van der Waals surface area contributed by atoms with Gasteiger partial charge in [0.25, 0.3) is 0 Å². The minimum absolute atomic E-state index is 0.0882. The first-order chi connectivity index (χ1) is 11.7. The van der Waals surface area contributed by atoms with Gasteiger partial charge in [0.1, 0.15) is 5.82 Å². The standard InChI is InChI=1S/C19H26N4O/c1-3-23(4-2)18-15-17(10-13-21-18)5-6-19(24)22-14-9-16-7-11-20-12-8-16/h7-8,10-13,15H,3-6,9,14H2,1-2H3,(H,22,24). The van der Waals surface area contributed by atoms with Crippen molar-refractivity contribution in [2.75, 3.05) is 24.5 Å². The summed E-state index contributed by atoms with van der Waals surface area (Å²) in [6.07, 6.45) is 7.43. The van der Waals surface area contributed by atoms with E-state index in [2.05, 4.69) is 40.1 Å². The van der Waals surface area contributed by atoms with Crippen molar-refractivity contribution in [3.63, 3.8) is 0 Å². The molecule has 0 aliphatic carbocycles. The van der Waals surface area contributed by atoms with Crippen molar-refractivity contribution in [3.05, 3.63) is 54.0 Å². The van der Waals surface area contributed by atoms with Gasteiger partial charge in [-0.15, -0.1) is 0 Å². The Morgan fingerprint density at radius 3 is 2.46 bits per heavy atom. The SMILES string of the molecule is CCN(CC)c1cc(CCC(=O)NCCc2ccncc2)ccn1. The van der Waals surface area contributed by atoms with E-state index in [9.17, 15) is 4.79 Å². The van der Waals surface area contributed by atoms with Gasteiger partial charge in [-0.3, -0.25) is 9.78 Å². The van der Waals surface area contributed by atoms with Crippen LogP contribution in [-0.4, -0.2) is 35.5 Å². The van der Waals surface area contributed by atoms with Gasteiger partial charge in [-0.2, -0.15) is 0 Å². The molecule has 1 amide bonds. The lowest BCUT2D eigenvalue weighted by Gasteiger charge is -2.20. The maximum Gasteiger partial charge on any atom is 0.220 e. The molecule has 2 heterocycles. The summed E-state index contributed by atoms with van der Waals surface area (Å²) < 4.78 is 0. The molecule has 24 heavy (non-hydrogen) atoms. The first-order valence-electron chi connectivity index (χ1n) is 8.58. The highest BCUT2D eigenvalue weighted by Gasteiger charge is 2.06. The summed E-state index contributed by atoms with van der Waals surface area (Å²) in [5.74, 6) is 1.07. The molecule has 2 aromatic rings. The number of anilines is 1. The Morgan fingerprint density at radius 1 is 1.04 bits per heavy atom. The molecule has 0 aliphatic heterocycles. The molecule has 2 rings (SSSR count). The van der Waals surface area contributed by atoms with Crippen LogP contribution in [0.5, 0.6) is 0 Å². The molecule has 128 valence electrons. The summed E-state index contributed by atoms with van der Waals surface area (Å²) in [5.41, 5.74) is 2.33. The molecule has 5 nitrogen and oxygen atoms in total. The van der Waals surface area contributed by atoms with E-state index in [0.717, 1.165) is 37.3 Å². The summed E-state index contributed by atoms with van der Waals surface area (Å²) >= 11 is 0. The van der Waals surface area contributed by atoms with Crippen molar-refractivity contribution >= 4 is 11.7 Å². The maximum atomic E-state index is 12.0. The first kappa shape index (κ1) is 17.9. The van der Waals surface area contributed by atoms with Crippen molar-refractivity contribution in [1.29, 1.82) is 0 Å². The average molecular weight is 326 g/mol. The molecule has 0 spiro atoms. The number of rotatable bonds is 9. The third-order valence-electron chi connectivity index (χ3n) is 4.02. The predicted molar refractivity (Wildman–Crippen MR) is 97.1 cm³/mol. The van der Waals surface area contributed by atoms with Crippen LogP contribution in [0.4, 0.5) is 5.82 Å². The van der Waals surface area contributed by atoms with Gasteiger partial charge in [0.15, 0.2) is 0 Å². The van der Waals surface area contributed by atoms with Crippen LogP contribution in [0, 0.1) is 0 Å². The zero-order valence-electron chi connectivity index (χ0n) is 14.5. The van der Waals surface area contributed by atoms with E-state index in [1.54, 1.807) is 12.4 Å². The highest BCUT2D eigenvalue weighted by atomic mass is 16.1. The van der Waals surface area contributed by atoms with Crippen LogP contribution in [0.15, 0.2) is 42.9 Å². The lowest BCUT2D eigenvalue weighted by molar-refractivity contribution is -0.121. The molecule has 0 aliphatic rings. The molecule has 5 heteroatoms. The monoisotopic (exact) mass is 326 g/mol. The molecule has 0 aromatic carbocycles. The second kappa shape index (κ2) is 9.65. The fraction of sp³-hybridized carbons (Fsp3) is 0.421. The van der Waals surface area contributed by atoms with Gasteiger partial charge < -0.3 is 10.2 Å². The van der Waals surface area contributed by atoms with Gasteiger partial charge in [0.2, 0.25) is 5.91 Å². The first-order valence-corrected chi connectivity index (χ1v) is 8.58. The number of amides is 1. The highest BCUT2D eigenvalue weighted by Crippen LogP contribution is 2.13. The summed E-state index contributed by atoms with van der Waals surface area (Å²) in [7, 11) is 0. The van der Waals surface area contributed by atoms with Crippen LogP contribution in [0.3, 0.4) is 0 Å². The molecule has 0 fully saturated rings. The number of hydrogen-bond donors (Lipinski definition) is 1. The number of pyridine rings is 2. The normalized spacial score (nSPS) is 10.4. The quantitative estimate of drug-likeness (QED) is 0.769. The van der Waals surface area contributed by atoms with E-state index in [1.165, 1.54) is 5.56 Å².